The second-order valence-electron chi connectivity index (χ2n) is 6.04. The Balaban J connectivity index is 2.02. The molecule has 0 fully saturated rings. The quantitative estimate of drug-likeness (QED) is 0.851. The molecule has 1 unspecified atom stereocenters. The highest BCUT2D eigenvalue weighted by atomic mass is 16.1. The third-order valence-corrected chi connectivity index (χ3v) is 4.82. The number of nitrogens with one attached hydrogen (secondary N) is 1. The average Bonchev–Trinajstić information content (AvgIpc) is 2.58. The Labute approximate surface area is 132 Å². The fourth-order valence-corrected chi connectivity index (χ4v) is 3.57. The van der Waals surface area contributed by atoms with Crippen LogP contribution in [0.15, 0.2) is 54.6 Å². The number of aryl methyl sites for hydroxylation is 1. The molecule has 1 atom stereocenters. The molecular formula is C20H23NO. The van der Waals surface area contributed by atoms with Crippen LogP contribution >= 0.6 is 0 Å². The third-order valence-electron chi connectivity index (χ3n) is 4.82. The number of Topliss-reactive ketones (excluding diaryl/α,β-unsaturated/α-hetero) is 1. The highest BCUT2D eigenvalue weighted by molar-refractivity contribution is 6.06. The second-order valence-corrected chi connectivity index (χ2v) is 6.04. The first-order valence-corrected chi connectivity index (χ1v) is 8.17. The number of hydrogen-bond donors (Lipinski definition) is 1. The highest BCUT2D eigenvalue weighted by Crippen LogP contribution is 2.40. The van der Waals surface area contributed by atoms with Gasteiger partial charge in [-0.2, -0.15) is 0 Å². The van der Waals surface area contributed by atoms with E-state index in [1.54, 1.807) is 0 Å². The first kappa shape index (κ1) is 15.0. The normalized spacial score (nSPS) is 20.7. The molecule has 1 aliphatic rings. The number of carbonyl (C=O) groups excluding carboxylic acids is 1. The standard InChI is InChI=1S/C20H23NO/c1-2-21-15-14-20(17-9-4-3-5-10-17)13-12-16-8-6-7-11-18(16)19(20)22/h3-11,21H,2,12-15H2,1H3. The van der Waals surface area contributed by atoms with Gasteiger partial charge in [-0.15, -0.1) is 0 Å². The summed E-state index contributed by atoms with van der Waals surface area (Å²) in [6, 6.07) is 18.4. The minimum absolute atomic E-state index is 0.290. The molecule has 22 heavy (non-hydrogen) atoms. The molecule has 0 aliphatic heterocycles. The number of rotatable bonds is 5. The van der Waals surface area contributed by atoms with E-state index in [2.05, 4.69) is 30.4 Å². The lowest BCUT2D eigenvalue weighted by Crippen LogP contribution is -2.42. The predicted octanol–water partition coefficient (Wildman–Crippen LogP) is 3.75. The number of ketones is 1. The smallest absolute Gasteiger partial charge is 0.173 e. The summed E-state index contributed by atoms with van der Waals surface area (Å²) in [5.41, 5.74) is 2.89. The summed E-state index contributed by atoms with van der Waals surface area (Å²) in [7, 11) is 0. The third kappa shape index (κ3) is 2.59. The lowest BCUT2D eigenvalue weighted by Gasteiger charge is -2.37. The van der Waals surface area contributed by atoms with Crippen LogP contribution in [-0.2, 0) is 11.8 Å². The van der Waals surface area contributed by atoms with E-state index in [4.69, 9.17) is 0 Å². The van der Waals surface area contributed by atoms with E-state index in [0.717, 1.165) is 43.5 Å². The zero-order valence-electron chi connectivity index (χ0n) is 13.1. The Morgan fingerprint density at radius 2 is 1.77 bits per heavy atom. The van der Waals surface area contributed by atoms with Crippen molar-refractivity contribution in [1.29, 1.82) is 0 Å². The van der Waals surface area contributed by atoms with E-state index < -0.39 is 0 Å². The van der Waals surface area contributed by atoms with Gasteiger partial charge in [-0.3, -0.25) is 4.79 Å². The van der Waals surface area contributed by atoms with Gasteiger partial charge in [0.1, 0.15) is 0 Å². The maximum Gasteiger partial charge on any atom is 0.173 e. The molecule has 1 aliphatic carbocycles. The maximum atomic E-state index is 13.3. The van der Waals surface area contributed by atoms with Crippen LogP contribution in [0.5, 0.6) is 0 Å². The van der Waals surface area contributed by atoms with Crippen LogP contribution < -0.4 is 5.32 Å². The second kappa shape index (κ2) is 6.45. The van der Waals surface area contributed by atoms with Gasteiger partial charge in [-0.05, 0) is 43.5 Å². The molecule has 0 amide bonds. The largest absolute Gasteiger partial charge is 0.317 e. The van der Waals surface area contributed by atoms with Crippen molar-refractivity contribution >= 4 is 5.78 Å². The van der Waals surface area contributed by atoms with Crippen molar-refractivity contribution in [3.8, 4) is 0 Å². The summed E-state index contributed by atoms with van der Waals surface area (Å²) in [4.78, 5) is 13.3. The van der Waals surface area contributed by atoms with Gasteiger partial charge in [0.25, 0.3) is 0 Å². The van der Waals surface area contributed by atoms with Crippen molar-refractivity contribution in [3.63, 3.8) is 0 Å². The summed E-state index contributed by atoms with van der Waals surface area (Å²) in [6.45, 7) is 3.92. The minimum atomic E-state index is -0.377. The lowest BCUT2D eigenvalue weighted by molar-refractivity contribution is 0.0849. The summed E-state index contributed by atoms with van der Waals surface area (Å²) in [5, 5.41) is 3.38. The Morgan fingerprint density at radius 3 is 2.55 bits per heavy atom. The Bertz CT molecular complexity index is 650. The van der Waals surface area contributed by atoms with Gasteiger partial charge in [0, 0.05) is 5.56 Å². The van der Waals surface area contributed by atoms with Crippen LogP contribution in [0.3, 0.4) is 0 Å². The number of carbonyl (C=O) groups is 1. The molecule has 0 heterocycles. The number of benzene rings is 2. The Morgan fingerprint density at radius 1 is 1.05 bits per heavy atom. The fraction of sp³-hybridized carbons (Fsp3) is 0.350. The molecule has 2 nitrogen and oxygen atoms in total. The first-order valence-electron chi connectivity index (χ1n) is 8.17. The molecule has 2 heteroatoms. The van der Waals surface area contributed by atoms with Crippen LogP contribution in [0.4, 0.5) is 0 Å². The van der Waals surface area contributed by atoms with Gasteiger partial charge in [-0.1, -0.05) is 61.5 Å². The molecule has 3 rings (SSSR count). The van der Waals surface area contributed by atoms with Gasteiger partial charge in [-0.25, -0.2) is 0 Å². The molecule has 0 aromatic heterocycles. The Kier molecular flexibility index (Phi) is 4.39. The van der Waals surface area contributed by atoms with Crippen molar-refractivity contribution < 1.29 is 4.79 Å². The molecule has 0 radical (unpaired) electrons. The van der Waals surface area contributed by atoms with Crippen LogP contribution in [-0.4, -0.2) is 18.9 Å². The van der Waals surface area contributed by atoms with Crippen molar-refractivity contribution in [2.45, 2.75) is 31.6 Å². The Hall–Kier alpha value is -1.93. The van der Waals surface area contributed by atoms with Gasteiger partial charge in [0.05, 0.1) is 5.41 Å². The van der Waals surface area contributed by atoms with E-state index in [1.807, 2.05) is 36.4 Å². The minimum Gasteiger partial charge on any atom is -0.317 e. The van der Waals surface area contributed by atoms with E-state index in [9.17, 15) is 4.79 Å². The van der Waals surface area contributed by atoms with E-state index in [0.29, 0.717) is 5.78 Å². The predicted molar refractivity (Wildman–Crippen MR) is 90.4 cm³/mol. The topological polar surface area (TPSA) is 29.1 Å². The van der Waals surface area contributed by atoms with Gasteiger partial charge >= 0.3 is 0 Å². The van der Waals surface area contributed by atoms with Crippen LogP contribution in [0.2, 0.25) is 0 Å². The summed E-state index contributed by atoms with van der Waals surface area (Å²) < 4.78 is 0. The zero-order chi connectivity index (χ0) is 15.4. The van der Waals surface area contributed by atoms with Gasteiger partial charge in [0.2, 0.25) is 0 Å². The lowest BCUT2D eigenvalue weighted by atomic mass is 9.65. The first-order chi connectivity index (χ1) is 10.8. The SMILES string of the molecule is CCNCCC1(c2ccccc2)CCc2ccccc2C1=O. The van der Waals surface area contributed by atoms with Crippen molar-refractivity contribution in [1.82, 2.24) is 5.32 Å². The molecule has 2 aromatic rings. The van der Waals surface area contributed by atoms with Crippen molar-refractivity contribution in [2.75, 3.05) is 13.1 Å². The molecular weight excluding hydrogens is 270 g/mol. The van der Waals surface area contributed by atoms with E-state index in [-0.39, 0.29) is 5.41 Å². The molecule has 114 valence electrons. The van der Waals surface area contributed by atoms with Gasteiger partial charge < -0.3 is 5.32 Å². The molecule has 0 bridgehead atoms. The van der Waals surface area contributed by atoms with E-state index >= 15 is 0 Å². The molecule has 1 N–H and O–H groups in total. The van der Waals surface area contributed by atoms with Crippen LogP contribution in [0.1, 0.15) is 41.3 Å². The number of hydrogen-bond acceptors (Lipinski definition) is 2. The summed E-state index contributed by atoms with van der Waals surface area (Å²) in [5.74, 6) is 0.290. The number of fused-ring (bicyclic) bond motifs is 1. The van der Waals surface area contributed by atoms with Crippen molar-refractivity contribution in [3.05, 3.63) is 71.3 Å². The van der Waals surface area contributed by atoms with Crippen LogP contribution in [0, 0.1) is 0 Å². The maximum absolute atomic E-state index is 13.3. The zero-order valence-corrected chi connectivity index (χ0v) is 13.1. The van der Waals surface area contributed by atoms with E-state index in [1.165, 1.54) is 5.56 Å². The molecule has 0 spiro atoms. The highest BCUT2D eigenvalue weighted by Gasteiger charge is 2.43. The average molecular weight is 293 g/mol. The summed E-state index contributed by atoms with van der Waals surface area (Å²) >= 11 is 0. The molecule has 2 aromatic carbocycles. The summed E-state index contributed by atoms with van der Waals surface area (Å²) in [6.07, 6.45) is 2.74. The van der Waals surface area contributed by atoms with Crippen molar-refractivity contribution in [2.24, 2.45) is 0 Å². The monoisotopic (exact) mass is 293 g/mol. The van der Waals surface area contributed by atoms with Gasteiger partial charge in [0.15, 0.2) is 5.78 Å². The molecule has 0 saturated heterocycles. The van der Waals surface area contributed by atoms with Crippen LogP contribution in [0.25, 0.3) is 0 Å². The molecule has 0 saturated carbocycles. The fourth-order valence-electron chi connectivity index (χ4n) is 3.57.